The van der Waals surface area contributed by atoms with Gasteiger partial charge >= 0.3 is 0 Å². The van der Waals surface area contributed by atoms with E-state index < -0.39 is 0 Å². The number of phenols is 1. The van der Waals surface area contributed by atoms with E-state index in [9.17, 15) is 15.0 Å². The number of allylic oxidation sites excluding steroid dienone is 2. The molecule has 0 aliphatic heterocycles. The van der Waals surface area contributed by atoms with Crippen LogP contribution in [0.25, 0.3) is 17.4 Å². The zero-order chi connectivity index (χ0) is 16.3. The van der Waals surface area contributed by atoms with Crippen LogP contribution in [0.1, 0.15) is 32.6 Å². The van der Waals surface area contributed by atoms with E-state index in [2.05, 4.69) is 0 Å². The van der Waals surface area contributed by atoms with Crippen molar-refractivity contribution in [2.24, 2.45) is 0 Å². The minimum absolute atomic E-state index is 0.0114. The molecule has 2 aliphatic carbocycles. The van der Waals surface area contributed by atoms with Gasteiger partial charge in [0.15, 0.2) is 5.78 Å². The van der Waals surface area contributed by atoms with E-state index in [-0.39, 0.29) is 17.3 Å². The van der Waals surface area contributed by atoms with Crippen LogP contribution in [0.3, 0.4) is 0 Å². The molecular formula is C19H14O4. The molecule has 0 bridgehead atoms. The molecule has 2 aromatic carbocycles. The normalized spacial score (nSPS) is 15.0. The Hall–Kier alpha value is -3.01. The van der Waals surface area contributed by atoms with Crippen LogP contribution in [-0.4, -0.2) is 23.1 Å². The predicted molar refractivity (Wildman–Crippen MR) is 87.6 cm³/mol. The molecule has 0 atom stereocenters. The lowest BCUT2D eigenvalue weighted by Gasteiger charge is -2.21. The number of carbonyl (C=O) groups excluding carboxylic acids is 1. The Labute approximate surface area is 133 Å². The number of aryl methyl sites for hydroxylation is 1. The molecule has 0 saturated carbocycles. The van der Waals surface area contributed by atoms with E-state index in [1.807, 2.05) is 13.0 Å². The molecule has 0 aromatic heterocycles. The van der Waals surface area contributed by atoms with Gasteiger partial charge in [0.1, 0.15) is 17.3 Å². The van der Waals surface area contributed by atoms with Crippen molar-refractivity contribution < 1.29 is 19.7 Å². The van der Waals surface area contributed by atoms with Crippen molar-refractivity contribution in [2.75, 3.05) is 7.11 Å². The molecule has 0 fully saturated rings. The molecule has 0 saturated heterocycles. The zero-order valence-electron chi connectivity index (χ0n) is 12.7. The SMILES string of the molecule is COc1cccc2c1C(=O)C1=Cc3cc(C)cc(O)c3C1=C2O. The maximum Gasteiger partial charge on any atom is 0.198 e. The highest BCUT2D eigenvalue weighted by Gasteiger charge is 2.37. The third-order valence-electron chi connectivity index (χ3n) is 4.32. The maximum absolute atomic E-state index is 12.9. The molecule has 4 nitrogen and oxygen atoms in total. The van der Waals surface area contributed by atoms with Crippen LogP contribution >= 0.6 is 0 Å². The molecule has 0 amide bonds. The summed E-state index contributed by atoms with van der Waals surface area (Å²) in [5.74, 6) is 0.267. The van der Waals surface area contributed by atoms with Gasteiger partial charge in [0, 0.05) is 22.3 Å². The highest BCUT2D eigenvalue weighted by atomic mass is 16.5. The fourth-order valence-corrected chi connectivity index (χ4v) is 3.37. The number of methoxy groups -OCH3 is 1. The average molecular weight is 306 g/mol. The Morgan fingerprint density at radius 2 is 1.87 bits per heavy atom. The Kier molecular flexibility index (Phi) is 2.66. The molecule has 2 N–H and O–H groups in total. The first-order chi connectivity index (χ1) is 11.0. The smallest absolute Gasteiger partial charge is 0.198 e. The van der Waals surface area contributed by atoms with Gasteiger partial charge in [-0.05, 0) is 36.3 Å². The van der Waals surface area contributed by atoms with Crippen LogP contribution in [0.4, 0.5) is 0 Å². The number of phenolic OH excluding ortho intramolecular Hbond substituents is 1. The largest absolute Gasteiger partial charge is 0.507 e. The number of ether oxygens (including phenoxy) is 1. The topological polar surface area (TPSA) is 66.8 Å². The second-order valence-electron chi connectivity index (χ2n) is 5.74. The Morgan fingerprint density at radius 3 is 2.61 bits per heavy atom. The quantitative estimate of drug-likeness (QED) is 0.842. The molecule has 23 heavy (non-hydrogen) atoms. The molecule has 2 aromatic rings. The second kappa shape index (κ2) is 4.49. The van der Waals surface area contributed by atoms with Crippen molar-refractivity contribution in [1.29, 1.82) is 0 Å². The molecular weight excluding hydrogens is 292 g/mol. The van der Waals surface area contributed by atoms with Crippen molar-refractivity contribution in [2.45, 2.75) is 6.92 Å². The van der Waals surface area contributed by atoms with Gasteiger partial charge in [-0.25, -0.2) is 0 Å². The highest BCUT2D eigenvalue weighted by molar-refractivity contribution is 6.32. The number of hydrogen-bond acceptors (Lipinski definition) is 4. The van der Waals surface area contributed by atoms with E-state index in [1.165, 1.54) is 7.11 Å². The van der Waals surface area contributed by atoms with Crippen molar-refractivity contribution in [1.82, 2.24) is 0 Å². The van der Waals surface area contributed by atoms with Crippen LogP contribution in [0, 0.1) is 6.92 Å². The Balaban J connectivity index is 2.09. The van der Waals surface area contributed by atoms with Gasteiger partial charge < -0.3 is 14.9 Å². The number of fused-ring (bicyclic) bond motifs is 4. The van der Waals surface area contributed by atoms with Gasteiger partial charge in [0.05, 0.1) is 12.7 Å². The number of aliphatic hydroxyl groups is 1. The summed E-state index contributed by atoms with van der Waals surface area (Å²) < 4.78 is 5.27. The lowest BCUT2D eigenvalue weighted by atomic mass is 9.84. The molecule has 0 radical (unpaired) electrons. The van der Waals surface area contributed by atoms with Crippen LogP contribution in [0.15, 0.2) is 35.9 Å². The number of carbonyl (C=O) groups is 1. The predicted octanol–water partition coefficient (Wildman–Crippen LogP) is 3.73. The van der Waals surface area contributed by atoms with E-state index >= 15 is 0 Å². The molecule has 0 spiro atoms. The first kappa shape index (κ1) is 13.6. The number of aliphatic hydroxyl groups excluding tert-OH is 1. The molecule has 4 rings (SSSR count). The molecule has 0 heterocycles. The average Bonchev–Trinajstić information content (AvgIpc) is 2.91. The van der Waals surface area contributed by atoms with Gasteiger partial charge in [-0.2, -0.15) is 0 Å². The summed E-state index contributed by atoms with van der Waals surface area (Å²) in [6.07, 6.45) is 1.71. The number of rotatable bonds is 1. The monoisotopic (exact) mass is 306 g/mol. The number of ketones is 1. The molecule has 2 aliphatic rings. The summed E-state index contributed by atoms with van der Waals surface area (Å²) in [6.45, 7) is 1.87. The number of hydrogen-bond donors (Lipinski definition) is 2. The summed E-state index contributed by atoms with van der Waals surface area (Å²) in [6, 6.07) is 8.61. The lowest BCUT2D eigenvalue weighted by Crippen LogP contribution is -2.14. The summed E-state index contributed by atoms with van der Waals surface area (Å²) in [7, 11) is 1.49. The fraction of sp³-hybridized carbons (Fsp3) is 0.105. The zero-order valence-corrected chi connectivity index (χ0v) is 12.7. The first-order valence-corrected chi connectivity index (χ1v) is 7.24. The van der Waals surface area contributed by atoms with E-state index in [0.717, 1.165) is 11.1 Å². The molecule has 4 heteroatoms. The van der Waals surface area contributed by atoms with Crippen LogP contribution in [0.2, 0.25) is 0 Å². The minimum Gasteiger partial charge on any atom is -0.507 e. The summed E-state index contributed by atoms with van der Waals surface area (Å²) >= 11 is 0. The third kappa shape index (κ3) is 1.69. The van der Waals surface area contributed by atoms with Crippen molar-refractivity contribution >= 4 is 23.2 Å². The minimum atomic E-state index is -0.210. The van der Waals surface area contributed by atoms with Crippen molar-refractivity contribution in [3.05, 3.63) is 63.7 Å². The fourth-order valence-electron chi connectivity index (χ4n) is 3.37. The van der Waals surface area contributed by atoms with E-state index in [4.69, 9.17) is 4.74 Å². The van der Waals surface area contributed by atoms with Crippen LogP contribution in [-0.2, 0) is 0 Å². The number of aromatic hydroxyl groups is 1. The first-order valence-electron chi connectivity index (χ1n) is 7.24. The molecule has 114 valence electrons. The van der Waals surface area contributed by atoms with Crippen LogP contribution in [0.5, 0.6) is 11.5 Å². The summed E-state index contributed by atoms with van der Waals surface area (Å²) in [5.41, 5.74) is 3.68. The van der Waals surface area contributed by atoms with Gasteiger partial charge in [0.2, 0.25) is 0 Å². The van der Waals surface area contributed by atoms with E-state index in [1.54, 1.807) is 30.3 Å². The van der Waals surface area contributed by atoms with Gasteiger partial charge in [0.25, 0.3) is 0 Å². The number of Topliss-reactive ketones (excluding diaryl/α,β-unsaturated/α-hetero) is 1. The highest BCUT2D eigenvalue weighted by Crippen LogP contribution is 2.49. The Bertz CT molecular complexity index is 948. The lowest BCUT2D eigenvalue weighted by molar-refractivity contribution is 0.103. The Morgan fingerprint density at radius 1 is 1.09 bits per heavy atom. The molecule has 0 unspecified atom stereocenters. The number of benzene rings is 2. The third-order valence-corrected chi connectivity index (χ3v) is 4.32. The summed E-state index contributed by atoms with van der Waals surface area (Å²) in [5, 5.41) is 21.0. The van der Waals surface area contributed by atoms with E-state index in [0.29, 0.717) is 33.6 Å². The second-order valence-corrected chi connectivity index (χ2v) is 5.74. The van der Waals surface area contributed by atoms with Crippen molar-refractivity contribution in [3.8, 4) is 11.5 Å². The maximum atomic E-state index is 12.9. The van der Waals surface area contributed by atoms with Crippen LogP contribution < -0.4 is 4.74 Å². The standard InChI is InChI=1S/C19H14O4/c1-9-6-10-8-12-17(15(10)13(20)7-9)18(21)11-4-3-5-14(23-2)16(11)19(12)22/h3-8,20-21H,1-2H3. The van der Waals surface area contributed by atoms with Gasteiger partial charge in [-0.1, -0.05) is 18.2 Å². The van der Waals surface area contributed by atoms with Crippen molar-refractivity contribution in [3.63, 3.8) is 0 Å². The van der Waals surface area contributed by atoms with Gasteiger partial charge in [-0.15, -0.1) is 0 Å². The van der Waals surface area contributed by atoms with Gasteiger partial charge in [-0.3, -0.25) is 4.79 Å². The summed E-state index contributed by atoms with van der Waals surface area (Å²) in [4.78, 5) is 12.9.